The molecule has 0 aliphatic carbocycles. The number of rotatable bonds is 5. The highest BCUT2D eigenvalue weighted by Gasteiger charge is 2.24. The highest BCUT2D eigenvalue weighted by molar-refractivity contribution is 5.78. The van der Waals surface area contributed by atoms with E-state index in [0.717, 1.165) is 34.2 Å². The number of nitrogens with zero attached hydrogens (tertiary/aromatic N) is 5. The summed E-state index contributed by atoms with van der Waals surface area (Å²) in [4.78, 5) is 16.3. The molecule has 0 amide bonds. The monoisotopic (exact) mass is 407 g/mol. The quantitative estimate of drug-likeness (QED) is 0.400. The molecule has 0 saturated carbocycles. The average Bonchev–Trinajstić information content (AvgIpc) is 3.29. The predicted octanol–water partition coefficient (Wildman–Crippen LogP) is 5.21. The van der Waals surface area contributed by atoms with Gasteiger partial charge in [-0.2, -0.15) is 0 Å². The van der Waals surface area contributed by atoms with Crippen molar-refractivity contribution in [2.45, 2.75) is 0 Å². The maximum Gasteiger partial charge on any atom is 0.185 e. The summed E-state index contributed by atoms with van der Waals surface area (Å²) < 4.78 is 7.34. The van der Waals surface area contributed by atoms with Crippen LogP contribution in [0.2, 0.25) is 0 Å². The summed E-state index contributed by atoms with van der Waals surface area (Å²) in [6.07, 6.45) is 1.79. The van der Waals surface area contributed by atoms with E-state index in [0.29, 0.717) is 11.6 Å². The second kappa shape index (κ2) is 7.91. The van der Waals surface area contributed by atoms with Gasteiger partial charge in [-0.25, -0.2) is 15.0 Å². The van der Waals surface area contributed by atoms with Gasteiger partial charge in [0.15, 0.2) is 17.3 Å². The summed E-state index contributed by atoms with van der Waals surface area (Å²) in [5.74, 6) is 2.96. The van der Waals surface area contributed by atoms with E-state index in [1.54, 1.807) is 13.4 Å². The van der Waals surface area contributed by atoms with Crippen molar-refractivity contribution in [1.29, 1.82) is 0 Å². The molecular weight excluding hydrogens is 386 g/mol. The first-order chi connectivity index (χ1) is 15.2. The van der Waals surface area contributed by atoms with E-state index in [1.165, 1.54) is 0 Å². The van der Waals surface area contributed by atoms with Crippen LogP contribution >= 0.6 is 0 Å². The van der Waals surface area contributed by atoms with Gasteiger partial charge < -0.3 is 9.64 Å². The number of aromatic nitrogens is 4. The largest absolute Gasteiger partial charge is 0.497 e. The van der Waals surface area contributed by atoms with Crippen LogP contribution in [-0.2, 0) is 0 Å². The summed E-state index contributed by atoms with van der Waals surface area (Å²) in [5.41, 5.74) is 3.70. The molecule has 3 aromatic rings. The van der Waals surface area contributed by atoms with Crippen LogP contribution in [0.15, 0.2) is 91.3 Å². The molecule has 2 aliphatic heterocycles. The van der Waals surface area contributed by atoms with E-state index in [9.17, 15) is 0 Å². The summed E-state index contributed by atoms with van der Waals surface area (Å²) in [7, 11) is 3.69. The number of para-hydroxylation sites is 1. The molecule has 0 bridgehead atoms. The number of imidazole rings is 1. The maximum absolute atomic E-state index is 5.32. The first kappa shape index (κ1) is 18.8. The highest BCUT2D eigenvalue weighted by Crippen LogP contribution is 2.36. The molecule has 31 heavy (non-hydrogen) atoms. The van der Waals surface area contributed by atoms with Crippen LogP contribution in [-0.4, -0.2) is 33.7 Å². The summed E-state index contributed by atoms with van der Waals surface area (Å²) in [6.45, 7) is 0. The third kappa shape index (κ3) is 3.48. The van der Waals surface area contributed by atoms with Crippen molar-refractivity contribution in [2.24, 2.45) is 0 Å². The Labute approximate surface area is 180 Å². The van der Waals surface area contributed by atoms with Crippen LogP contribution in [0.1, 0.15) is 0 Å². The van der Waals surface area contributed by atoms with E-state index < -0.39 is 0 Å². The summed E-state index contributed by atoms with van der Waals surface area (Å²) in [5, 5.41) is 0. The zero-order valence-electron chi connectivity index (χ0n) is 17.3. The van der Waals surface area contributed by atoms with Crippen molar-refractivity contribution in [2.75, 3.05) is 19.1 Å². The van der Waals surface area contributed by atoms with E-state index in [4.69, 9.17) is 14.7 Å². The Morgan fingerprint density at radius 1 is 0.774 bits per heavy atom. The van der Waals surface area contributed by atoms with E-state index in [-0.39, 0.29) is 0 Å². The highest BCUT2D eigenvalue weighted by atomic mass is 16.5. The van der Waals surface area contributed by atoms with Crippen LogP contribution in [0.5, 0.6) is 5.75 Å². The molecular formula is C25H21N5O. The first-order valence-electron chi connectivity index (χ1n) is 9.98. The minimum atomic E-state index is 0.612. The minimum absolute atomic E-state index is 0.612. The SMILES string of the molecule is COc1ccc(-n2cnc3nc(-c4ccccc4)nc-3c2N(C)c2ccccc2)cc1. The topological polar surface area (TPSA) is 56.1 Å². The van der Waals surface area contributed by atoms with Crippen molar-refractivity contribution in [3.05, 3.63) is 91.3 Å². The van der Waals surface area contributed by atoms with E-state index in [1.807, 2.05) is 84.4 Å². The zero-order valence-corrected chi connectivity index (χ0v) is 17.3. The van der Waals surface area contributed by atoms with Gasteiger partial charge in [0.1, 0.15) is 17.9 Å². The molecule has 2 heterocycles. The van der Waals surface area contributed by atoms with Gasteiger partial charge in [0.25, 0.3) is 0 Å². The normalized spacial score (nSPS) is 10.9. The fourth-order valence-corrected chi connectivity index (χ4v) is 3.60. The number of anilines is 2. The molecule has 0 N–H and O–H groups in total. The van der Waals surface area contributed by atoms with Gasteiger partial charge >= 0.3 is 0 Å². The van der Waals surface area contributed by atoms with Crippen molar-refractivity contribution in [1.82, 2.24) is 19.5 Å². The molecule has 0 radical (unpaired) electrons. The van der Waals surface area contributed by atoms with Gasteiger partial charge in [-0.15, -0.1) is 0 Å². The average molecular weight is 407 g/mol. The van der Waals surface area contributed by atoms with Crippen LogP contribution in [0.25, 0.3) is 28.6 Å². The lowest BCUT2D eigenvalue weighted by molar-refractivity contribution is 0.414. The Balaban J connectivity index is 1.72. The zero-order chi connectivity index (χ0) is 21.2. The first-order valence-corrected chi connectivity index (χ1v) is 9.98. The second-order valence-corrected chi connectivity index (χ2v) is 7.12. The van der Waals surface area contributed by atoms with Crippen molar-refractivity contribution < 1.29 is 4.74 Å². The van der Waals surface area contributed by atoms with Gasteiger partial charge in [0.05, 0.1) is 7.11 Å². The second-order valence-electron chi connectivity index (χ2n) is 7.12. The molecule has 2 aliphatic rings. The lowest BCUT2D eigenvalue weighted by Crippen LogP contribution is -2.18. The van der Waals surface area contributed by atoms with Crippen LogP contribution in [0.4, 0.5) is 11.5 Å². The molecule has 5 rings (SSSR count). The van der Waals surface area contributed by atoms with Gasteiger partial charge in [0.2, 0.25) is 0 Å². The fourth-order valence-electron chi connectivity index (χ4n) is 3.60. The van der Waals surface area contributed by atoms with Gasteiger partial charge in [-0.3, -0.25) is 4.57 Å². The Kier molecular flexibility index (Phi) is 4.80. The lowest BCUT2D eigenvalue weighted by Gasteiger charge is -2.25. The minimum Gasteiger partial charge on any atom is -0.497 e. The maximum atomic E-state index is 5.32. The van der Waals surface area contributed by atoms with Gasteiger partial charge in [0, 0.05) is 24.0 Å². The molecule has 0 spiro atoms. The number of ether oxygens (including phenoxy) is 1. The van der Waals surface area contributed by atoms with E-state index >= 15 is 0 Å². The molecule has 152 valence electrons. The molecule has 6 nitrogen and oxygen atoms in total. The smallest absolute Gasteiger partial charge is 0.185 e. The predicted molar refractivity (Wildman–Crippen MR) is 122 cm³/mol. The Morgan fingerprint density at radius 3 is 2.13 bits per heavy atom. The van der Waals surface area contributed by atoms with Crippen molar-refractivity contribution in [3.63, 3.8) is 0 Å². The van der Waals surface area contributed by atoms with Gasteiger partial charge in [-0.1, -0.05) is 48.5 Å². The molecule has 0 aromatic heterocycles. The van der Waals surface area contributed by atoms with Gasteiger partial charge in [-0.05, 0) is 36.4 Å². The van der Waals surface area contributed by atoms with Crippen LogP contribution in [0, 0.1) is 0 Å². The Hall–Kier alpha value is -4.19. The number of hydrogen-bond acceptors (Lipinski definition) is 5. The van der Waals surface area contributed by atoms with Crippen molar-refractivity contribution >= 4 is 11.5 Å². The molecule has 6 heteroatoms. The molecule has 0 unspecified atom stereocenters. The molecule has 0 fully saturated rings. The summed E-state index contributed by atoms with van der Waals surface area (Å²) >= 11 is 0. The Bertz CT molecular complexity index is 1270. The fraction of sp³-hybridized carbons (Fsp3) is 0.0800. The lowest BCUT2D eigenvalue weighted by atomic mass is 10.2. The number of benzene rings is 3. The standard InChI is InChI=1S/C25H21N5O/c1-29(19-11-7-4-8-12-19)25-22-24(28-23(27-22)18-9-5-3-6-10-18)26-17-30(25)20-13-15-21(31-2)16-14-20/h3-17H,1-2H3. The number of fused-ring (bicyclic) bond motifs is 1. The van der Waals surface area contributed by atoms with Crippen molar-refractivity contribution in [3.8, 4) is 34.3 Å². The van der Waals surface area contributed by atoms with Crippen LogP contribution in [0.3, 0.4) is 0 Å². The molecule has 0 saturated heterocycles. The number of methoxy groups -OCH3 is 1. The third-order valence-electron chi connectivity index (χ3n) is 5.22. The van der Waals surface area contributed by atoms with Crippen LogP contribution < -0.4 is 9.64 Å². The number of hydrogen-bond donors (Lipinski definition) is 0. The Morgan fingerprint density at radius 2 is 1.45 bits per heavy atom. The summed E-state index contributed by atoms with van der Waals surface area (Å²) in [6, 6.07) is 28.0. The van der Waals surface area contributed by atoms with E-state index in [2.05, 4.69) is 22.0 Å². The molecule has 0 atom stereocenters. The molecule has 3 aromatic carbocycles. The third-order valence-corrected chi connectivity index (χ3v) is 5.22.